The van der Waals surface area contributed by atoms with E-state index in [4.69, 9.17) is 11.6 Å². The normalized spacial score (nSPS) is 17.9. The first kappa shape index (κ1) is 9.72. The van der Waals surface area contributed by atoms with Gasteiger partial charge in [-0.2, -0.15) is 0 Å². The summed E-state index contributed by atoms with van der Waals surface area (Å²) in [5.41, 5.74) is 3.30. The Labute approximate surface area is 89.1 Å². The highest BCUT2D eigenvalue weighted by molar-refractivity contribution is 6.67. The molecule has 2 rings (SSSR count). The summed E-state index contributed by atoms with van der Waals surface area (Å²) >= 11 is 5.45. The molecule has 0 unspecified atom stereocenters. The number of benzene rings is 1. The average Bonchev–Trinajstić information content (AvgIpc) is 2.84. The number of carbonyl (C=O) groups is 1. The smallest absolute Gasteiger partial charge is 0.252 e. The van der Waals surface area contributed by atoms with Gasteiger partial charge in [0.2, 0.25) is 0 Å². The van der Waals surface area contributed by atoms with Gasteiger partial charge in [0.25, 0.3) is 5.24 Å². The third-order valence-electron chi connectivity index (χ3n) is 3.14. The fourth-order valence-corrected chi connectivity index (χ4v) is 1.95. The summed E-state index contributed by atoms with van der Waals surface area (Å²) in [4.78, 5) is 11.0. The monoisotopic (exact) mass is 208 g/mol. The van der Waals surface area contributed by atoms with Crippen LogP contribution in [0.15, 0.2) is 18.2 Å². The van der Waals surface area contributed by atoms with Gasteiger partial charge in [-0.25, -0.2) is 0 Å². The molecule has 0 bridgehead atoms. The second kappa shape index (κ2) is 3.09. The molecule has 0 saturated heterocycles. The standard InChI is InChI=1S/C12H13ClO/c1-8-7-9(12(2)5-6-12)3-4-10(8)11(13)14/h3-4,7H,5-6H2,1-2H3. The van der Waals surface area contributed by atoms with Gasteiger partial charge >= 0.3 is 0 Å². The molecule has 0 atom stereocenters. The first-order valence-electron chi connectivity index (χ1n) is 4.84. The molecule has 74 valence electrons. The van der Waals surface area contributed by atoms with Gasteiger partial charge in [0.15, 0.2) is 0 Å². The molecular formula is C12H13ClO. The average molecular weight is 209 g/mol. The van der Waals surface area contributed by atoms with E-state index in [1.54, 1.807) is 0 Å². The van der Waals surface area contributed by atoms with Crippen molar-refractivity contribution in [2.45, 2.75) is 32.1 Å². The largest absolute Gasteiger partial charge is 0.276 e. The lowest BCUT2D eigenvalue weighted by molar-refractivity contribution is 0.108. The number of aryl methyl sites for hydroxylation is 1. The van der Waals surface area contributed by atoms with Crippen LogP contribution in [0, 0.1) is 6.92 Å². The Morgan fingerprint density at radius 3 is 2.50 bits per heavy atom. The summed E-state index contributed by atoms with van der Waals surface area (Å²) in [6.07, 6.45) is 2.50. The number of carbonyl (C=O) groups excluding carboxylic acids is 1. The summed E-state index contributed by atoms with van der Waals surface area (Å²) < 4.78 is 0. The first-order chi connectivity index (χ1) is 6.53. The van der Waals surface area contributed by atoms with Gasteiger partial charge in [0, 0.05) is 5.56 Å². The summed E-state index contributed by atoms with van der Waals surface area (Å²) in [5, 5.41) is -0.366. The minimum absolute atomic E-state index is 0.360. The highest BCUT2D eigenvalue weighted by atomic mass is 35.5. The van der Waals surface area contributed by atoms with E-state index in [1.165, 1.54) is 18.4 Å². The van der Waals surface area contributed by atoms with Crippen molar-refractivity contribution in [2.24, 2.45) is 0 Å². The van der Waals surface area contributed by atoms with Crippen LogP contribution in [0.2, 0.25) is 0 Å². The van der Waals surface area contributed by atoms with Gasteiger partial charge in [-0.15, -0.1) is 0 Å². The molecule has 0 heterocycles. The van der Waals surface area contributed by atoms with Crippen molar-refractivity contribution in [3.63, 3.8) is 0 Å². The van der Waals surface area contributed by atoms with Crippen molar-refractivity contribution < 1.29 is 4.79 Å². The van der Waals surface area contributed by atoms with Gasteiger partial charge in [-0.05, 0) is 54.0 Å². The quantitative estimate of drug-likeness (QED) is 0.681. The van der Waals surface area contributed by atoms with E-state index in [0.29, 0.717) is 11.0 Å². The lowest BCUT2D eigenvalue weighted by Gasteiger charge is -2.10. The molecule has 14 heavy (non-hydrogen) atoms. The Kier molecular flexibility index (Phi) is 2.15. The van der Waals surface area contributed by atoms with Crippen LogP contribution in [0.1, 0.15) is 41.3 Å². The van der Waals surface area contributed by atoms with Gasteiger partial charge in [0.1, 0.15) is 0 Å². The molecule has 1 aromatic rings. The van der Waals surface area contributed by atoms with Crippen molar-refractivity contribution >= 4 is 16.8 Å². The van der Waals surface area contributed by atoms with Crippen LogP contribution in [0.25, 0.3) is 0 Å². The Balaban J connectivity index is 2.40. The fraction of sp³-hybridized carbons (Fsp3) is 0.417. The van der Waals surface area contributed by atoms with E-state index in [-0.39, 0.29) is 5.24 Å². The lowest BCUT2D eigenvalue weighted by Crippen LogP contribution is -2.02. The molecule has 1 aromatic carbocycles. The predicted molar refractivity (Wildman–Crippen MR) is 57.9 cm³/mol. The molecule has 1 nitrogen and oxygen atoms in total. The number of rotatable bonds is 2. The van der Waals surface area contributed by atoms with Crippen molar-refractivity contribution in [1.29, 1.82) is 0 Å². The van der Waals surface area contributed by atoms with Gasteiger partial charge in [-0.1, -0.05) is 19.1 Å². The second-order valence-electron chi connectivity index (χ2n) is 4.36. The van der Waals surface area contributed by atoms with Gasteiger partial charge < -0.3 is 0 Å². The molecule has 0 spiro atoms. The topological polar surface area (TPSA) is 17.1 Å². The summed E-state index contributed by atoms with van der Waals surface area (Å²) in [5.74, 6) is 0. The maximum Gasteiger partial charge on any atom is 0.252 e. The van der Waals surface area contributed by atoms with E-state index < -0.39 is 0 Å². The van der Waals surface area contributed by atoms with Crippen LogP contribution in [-0.4, -0.2) is 5.24 Å². The third kappa shape index (κ3) is 1.57. The molecule has 0 aromatic heterocycles. The Morgan fingerprint density at radius 2 is 2.07 bits per heavy atom. The van der Waals surface area contributed by atoms with Crippen LogP contribution < -0.4 is 0 Å². The zero-order chi connectivity index (χ0) is 10.3. The van der Waals surface area contributed by atoms with Crippen LogP contribution in [0.4, 0.5) is 0 Å². The van der Waals surface area contributed by atoms with Gasteiger partial charge in [0.05, 0.1) is 0 Å². The zero-order valence-corrected chi connectivity index (χ0v) is 9.19. The summed E-state index contributed by atoms with van der Waals surface area (Å²) in [6.45, 7) is 4.19. The maximum absolute atomic E-state index is 11.0. The second-order valence-corrected chi connectivity index (χ2v) is 4.71. The Morgan fingerprint density at radius 1 is 1.43 bits per heavy atom. The minimum atomic E-state index is -0.366. The minimum Gasteiger partial charge on any atom is -0.276 e. The molecule has 0 radical (unpaired) electrons. The summed E-state index contributed by atoms with van der Waals surface area (Å²) in [7, 11) is 0. The van der Waals surface area contributed by atoms with Crippen molar-refractivity contribution in [2.75, 3.05) is 0 Å². The molecule has 1 aliphatic carbocycles. The molecular weight excluding hydrogens is 196 g/mol. The number of hydrogen-bond acceptors (Lipinski definition) is 1. The third-order valence-corrected chi connectivity index (χ3v) is 3.34. The highest BCUT2D eigenvalue weighted by Crippen LogP contribution is 2.47. The lowest BCUT2D eigenvalue weighted by atomic mass is 9.95. The van der Waals surface area contributed by atoms with E-state index >= 15 is 0 Å². The predicted octanol–water partition coefficient (Wildman–Crippen LogP) is 3.43. The van der Waals surface area contributed by atoms with Crippen molar-refractivity contribution in [3.8, 4) is 0 Å². The molecule has 0 aliphatic heterocycles. The van der Waals surface area contributed by atoms with Crippen LogP contribution in [0.5, 0.6) is 0 Å². The van der Waals surface area contributed by atoms with E-state index in [9.17, 15) is 4.79 Å². The molecule has 1 fully saturated rings. The Hall–Kier alpha value is -0.820. The van der Waals surface area contributed by atoms with Crippen LogP contribution in [-0.2, 0) is 5.41 Å². The van der Waals surface area contributed by atoms with Gasteiger partial charge in [-0.3, -0.25) is 4.79 Å². The van der Waals surface area contributed by atoms with Crippen molar-refractivity contribution in [3.05, 3.63) is 34.9 Å². The van der Waals surface area contributed by atoms with Crippen LogP contribution in [0.3, 0.4) is 0 Å². The zero-order valence-electron chi connectivity index (χ0n) is 8.43. The molecule has 1 aliphatic rings. The highest BCUT2D eigenvalue weighted by Gasteiger charge is 2.39. The van der Waals surface area contributed by atoms with Crippen LogP contribution >= 0.6 is 11.6 Å². The van der Waals surface area contributed by atoms with E-state index in [1.807, 2.05) is 19.1 Å². The molecule has 1 saturated carbocycles. The SMILES string of the molecule is Cc1cc(C2(C)CC2)ccc1C(=O)Cl. The first-order valence-corrected chi connectivity index (χ1v) is 5.22. The summed E-state index contributed by atoms with van der Waals surface area (Å²) in [6, 6.07) is 5.95. The van der Waals surface area contributed by atoms with E-state index in [2.05, 4.69) is 13.0 Å². The Bertz CT molecular complexity index is 391. The molecule has 0 amide bonds. The maximum atomic E-state index is 11.0. The fourth-order valence-electron chi connectivity index (χ4n) is 1.74. The number of halogens is 1. The number of hydrogen-bond donors (Lipinski definition) is 0. The molecule has 2 heteroatoms. The van der Waals surface area contributed by atoms with Crippen molar-refractivity contribution in [1.82, 2.24) is 0 Å². The van der Waals surface area contributed by atoms with E-state index in [0.717, 1.165) is 5.56 Å². The molecule has 0 N–H and O–H groups in total.